The number of anilines is 1. The van der Waals surface area contributed by atoms with Gasteiger partial charge in [0.15, 0.2) is 5.82 Å². The third-order valence-electron chi connectivity index (χ3n) is 6.76. The zero-order valence-electron chi connectivity index (χ0n) is 21.7. The van der Waals surface area contributed by atoms with Gasteiger partial charge in [0.05, 0.1) is 12.4 Å². The second kappa shape index (κ2) is 10.8. The summed E-state index contributed by atoms with van der Waals surface area (Å²) in [6.45, 7) is 11.8. The molecule has 0 radical (unpaired) electrons. The largest absolute Gasteiger partial charge is 0.329 e. The van der Waals surface area contributed by atoms with Crippen molar-refractivity contribution in [1.82, 2.24) is 14.9 Å². The minimum absolute atomic E-state index is 0.000349. The number of amides is 1. The van der Waals surface area contributed by atoms with Gasteiger partial charge >= 0.3 is 0 Å². The topological polar surface area (TPSA) is 76.0 Å². The van der Waals surface area contributed by atoms with Gasteiger partial charge in [0.2, 0.25) is 5.91 Å². The van der Waals surface area contributed by atoms with Gasteiger partial charge in [0.1, 0.15) is 11.6 Å². The highest BCUT2D eigenvalue weighted by Crippen LogP contribution is 2.29. The van der Waals surface area contributed by atoms with E-state index in [0.29, 0.717) is 35.7 Å². The van der Waals surface area contributed by atoms with Gasteiger partial charge in [-0.2, -0.15) is 0 Å². The summed E-state index contributed by atoms with van der Waals surface area (Å²) in [7, 11) is 0. The molecule has 2 N–H and O–H groups in total. The predicted octanol–water partition coefficient (Wildman–Crippen LogP) is 5.67. The molecule has 1 aromatic heterocycles. The Hall–Kier alpha value is -2.25. The molecule has 1 heterocycles. The van der Waals surface area contributed by atoms with Crippen molar-refractivity contribution in [2.75, 3.05) is 5.32 Å². The Morgan fingerprint density at radius 3 is 2.63 bits per heavy atom. The van der Waals surface area contributed by atoms with Crippen LogP contribution in [0.25, 0.3) is 0 Å². The highest BCUT2D eigenvalue weighted by atomic mass is 35.5. The lowest BCUT2D eigenvalue weighted by Crippen LogP contribution is -2.48. The lowest BCUT2D eigenvalue weighted by Gasteiger charge is -2.30. The number of aromatic nitrogens is 2. The number of hydrogen-bond donors (Lipinski definition) is 2. The summed E-state index contributed by atoms with van der Waals surface area (Å²) in [6.07, 6.45) is 7.33. The van der Waals surface area contributed by atoms with Crippen LogP contribution in [0.4, 0.5) is 10.2 Å². The van der Waals surface area contributed by atoms with Crippen molar-refractivity contribution in [3.8, 4) is 0 Å². The first kappa shape index (κ1) is 27.3. The van der Waals surface area contributed by atoms with Crippen molar-refractivity contribution in [3.05, 3.63) is 46.6 Å². The number of aryl methyl sites for hydroxylation is 1. The Morgan fingerprint density at radius 1 is 1.26 bits per heavy atom. The van der Waals surface area contributed by atoms with Crippen molar-refractivity contribution < 1.29 is 14.0 Å². The lowest BCUT2D eigenvalue weighted by atomic mass is 9.83. The van der Waals surface area contributed by atoms with Crippen LogP contribution >= 0.6 is 11.6 Å². The van der Waals surface area contributed by atoms with E-state index in [2.05, 4.69) is 15.6 Å². The molecule has 2 aromatic rings. The SMILES string of the molecule is CCC[C@H](N[C@H]1CCc2cc(Cl)cc(F)c2C1)C(=O)Nc1cn(C(C)(C)CC(=O)C(C)(C)C)cn1. The maximum absolute atomic E-state index is 14.5. The zero-order chi connectivity index (χ0) is 26.0. The van der Waals surface area contributed by atoms with Gasteiger partial charge in [-0.05, 0) is 62.8 Å². The van der Waals surface area contributed by atoms with Gasteiger partial charge in [-0.3, -0.25) is 9.59 Å². The number of fused-ring (bicyclic) bond motifs is 1. The fraction of sp³-hybridized carbons (Fsp3) is 0.593. The fourth-order valence-electron chi connectivity index (χ4n) is 4.47. The van der Waals surface area contributed by atoms with E-state index in [1.807, 2.05) is 52.2 Å². The summed E-state index contributed by atoms with van der Waals surface area (Å²) in [6, 6.07) is 2.77. The molecule has 1 aliphatic carbocycles. The number of ketones is 1. The Morgan fingerprint density at radius 2 is 1.97 bits per heavy atom. The van der Waals surface area contributed by atoms with Crippen LogP contribution in [0.15, 0.2) is 24.7 Å². The molecular weight excluding hydrogens is 467 g/mol. The third kappa shape index (κ3) is 6.91. The van der Waals surface area contributed by atoms with E-state index in [1.165, 1.54) is 6.07 Å². The number of Topliss-reactive ketones (excluding diaryl/α,β-unsaturated/α-hetero) is 1. The molecule has 1 aromatic carbocycles. The summed E-state index contributed by atoms with van der Waals surface area (Å²) in [4.78, 5) is 30.1. The van der Waals surface area contributed by atoms with E-state index >= 15 is 0 Å². The Bertz CT molecular complexity index is 1070. The minimum Gasteiger partial charge on any atom is -0.329 e. The summed E-state index contributed by atoms with van der Waals surface area (Å²) in [5.74, 6) is 0.169. The summed E-state index contributed by atoms with van der Waals surface area (Å²) >= 11 is 6.00. The summed E-state index contributed by atoms with van der Waals surface area (Å²) in [5, 5.41) is 6.79. The first-order chi connectivity index (χ1) is 16.3. The highest BCUT2D eigenvalue weighted by Gasteiger charge is 2.31. The molecule has 0 spiro atoms. The first-order valence-electron chi connectivity index (χ1n) is 12.4. The Kier molecular flexibility index (Phi) is 8.43. The van der Waals surface area contributed by atoms with E-state index in [4.69, 9.17) is 11.6 Å². The third-order valence-corrected chi connectivity index (χ3v) is 6.98. The quantitative estimate of drug-likeness (QED) is 0.461. The van der Waals surface area contributed by atoms with Crippen LogP contribution in [-0.4, -0.2) is 33.3 Å². The van der Waals surface area contributed by atoms with Crippen molar-refractivity contribution >= 4 is 29.1 Å². The minimum atomic E-state index is -0.468. The molecule has 1 amide bonds. The second-order valence-electron chi connectivity index (χ2n) is 11.3. The van der Waals surface area contributed by atoms with Crippen LogP contribution in [0.3, 0.4) is 0 Å². The van der Waals surface area contributed by atoms with Gasteiger partial charge in [-0.15, -0.1) is 0 Å². The van der Waals surface area contributed by atoms with E-state index in [-0.39, 0.29) is 23.5 Å². The average Bonchev–Trinajstić information content (AvgIpc) is 3.22. The molecule has 6 nitrogen and oxygen atoms in total. The lowest BCUT2D eigenvalue weighted by molar-refractivity contribution is -0.128. The predicted molar refractivity (Wildman–Crippen MR) is 138 cm³/mol. The average molecular weight is 505 g/mol. The van der Waals surface area contributed by atoms with Crippen LogP contribution in [-0.2, 0) is 28.0 Å². The maximum atomic E-state index is 14.5. The van der Waals surface area contributed by atoms with E-state index in [9.17, 15) is 14.0 Å². The monoisotopic (exact) mass is 504 g/mol. The van der Waals surface area contributed by atoms with Crippen molar-refractivity contribution in [1.29, 1.82) is 0 Å². The molecule has 0 saturated carbocycles. The molecular formula is C27H38ClFN4O2. The smallest absolute Gasteiger partial charge is 0.242 e. The Balaban J connectivity index is 1.65. The zero-order valence-corrected chi connectivity index (χ0v) is 22.4. The number of nitrogens with one attached hydrogen (secondary N) is 2. The van der Waals surface area contributed by atoms with Crippen LogP contribution in [0.2, 0.25) is 5.02 Å². The molecule has 2 atom stereocenters. The summed E-state index contributed by atoms with van der Waals surface area (Å²) < 4.78 is 16.3. The van der Waals surface area contributed by atoms with Crippen LogP contribution in [0, 0.1) is 11.2 Å². The number of rotatable bonds is 9. The number of halogens is 2. The molecule has 0 saturated heterocycles. The van der Waals surface area contributed by atoms with Crippen LogP contribution < -0.4 is 10.6 Å². The van der Waals surface area contributed by atoms with E-state index in [1.54, 1.807) is 12.5 Å². The molecule has 0 fully saturated rings. The van der Waals surface area contributed by atoms with E-state index in [0.717, 1.165) is 24.8 Å². The van der Waals surface area contributed by atoms with E-state index < -0.39 is 17.0 Å². The number of carbonyl (C=O) groups is 2. The van der Waals surface area contributed by atoms with Crippen molar-refractivity contribution in [2.24, 2.45) is 5.41 Å². The van der Waals surface area contributed by atoms with Crippen LogP contribution in [0.5, 0.6) is 0 Å². The second-order valence-corrected chi connectivity index (χ2v) is 11.7. The van der Waals surface area contributed by atoms with Crippen molar-refractivity contribution in [2.45, 2.75) is 97.7 Å². The number of benzene rings is 1. The highest BCUT2D eigenvalue weighted by molar-refractivity contribution is 6.30. The fourth-order valence-corrected chi connectivity index (χ4v) is 4.70. The molecule has 3 rings (SSSR count). The molecule has 0 unspecified atom stereocenters. The summed E-state index contributed by atoms with van der Waals surface area (Å²) in [5.41, 5.74) is 0.745. The number of nitrogens with zero attached hydrogens (tertiary/aromatic N) is 2. The van der Waals surface area contributed by atoms with Gasteiger partial charge < -0.3 is 15.2 Å². The van der Waals surface area contributed by atoms with Gasteiger partial charge in [-0.25, -0.2) is 9.37 Å². The van der Waals surface area contributed by atoms with Gasteiger partial charge in [0.25, 0.3) is 0 Å². The molecule has 35 heavy (non-hydrogen) atoms. The Labute approximate surface area is 213 Å². The molecule has 1 aliphatic rings. The van der Waals surface area contributed by atoms with Crippen molar-refractivity contribution in [3.63, 3.8) is 0 Å². The number of carbonyl (C=O) groups excluding carboxylic acids is 2. The van der Waals surface area contributed by atoms with Gasteiger partial charge in [-0.1, -0.05) is 45.7 Å². The molecule has 0 bridgehead atoms. The molecule has 8 heteroatoms. The maximum Gasteiger partial charge on any atom is 0.242 e. The molecule has 0 aliphatic heterocycles. The number of hydrogen-bond acceptors (Lipinski definition) is 4. The molecule has 192 valence electrons. The van der Waals surface area contributed by atoms with Gasteiger partial charge in [0, 0.05) is 34.6 Å². The standard InChI is InChI=1S/C27H38ClFN4O2/c1-7-8-22(31-19-10-9-17-11-18(28)12-21(29)20(17)13-19)25(35)32-24-15-33(16-30-24)27(5,6)14-23(34)26(2,3)4/h11-12,15-16,19,22,31H,7-10,13-14H2,1-6H3,(H,32,35)/t19-,22-/m0/s1. The normalized spacial score (nSPS) is 17.1. The first-order valence-corrected chi connectivity index (χ1v) is 12.8. The van der Waals surface area contributed by atoms with Crippen LogP contribution in [0.1, 0.15) is 78.4 Å². The number of imidazole rings is 1.